The quantitative estimate of drug-likeness (QED) is 0.345. The van der Waals surface area contributed by atoms with Gasteiger partial charge in [0.05, 0.1) is 17.9 Å². The maximum Gasteiger partial charge on any atom is 0.488 e. The van der Waals surface area contributed by atoms with Crippen molar-refractivity contribution in [3.63, 3.8) is 0 Å². The van der Waals surface area contributed by atoms with Crippen molar-refractivity contribution in [2.24, 2.45) is 5.73 Å². The van der Waals surface area contributed by atoms with Crippen LogP contribution in [0.2, 0.25) is 0 Å². The summed E-state index contributed by atoms with van der Waals surface area (Å²) < 4.78 is 1.63. The summed E-state index contributed by atoms with van der Waals surface area (Å²) in [5.41, 5.74) is 9.06. The largest absolute Gasteiger partial charge is 0.488 e. The molecule has 0 unspecified atom stereocenters. The Morgan fingerprint density at radius 2 is 1.89 bits per heavy atom. The fraction of sp³-hybridized carbons (Fsp3) is 0.111. The lowest BCUT2D eigenvalue weighted by molar-refractivity contribution is 0.426. The van der Waals surface area contributed by atoms with E-state index in [0.717, 1.165) is 22.0 Å². The molecule has 2 aromatic carbocycles. The first-order valence-electron chi connectivity index (χ1n) is 8.70. The highest BCUT2D eigenvalue weighted by Crippen LogP contribution is 2.20. The van der Waals surface area contributed by atoms with Crippen molar-refractivity contribution >= 4 is 29.3 Å². The summed E-state index contributed by atoms with van der Waals surface area (Å²) in [7, 11) is -1.47. The zero-order chi connectivity index (χ0) is 19.5. The van der Waals surface area contributed by atoms with Gasteiger partial charge in [-0.05, 0) is 22.7 Å². The SMILES string of the molecule is NCc1cccc2c1cnn2-c1nncc(NCc2ccc(B(O)O)cc2)n1. The summed E-state index contributed by atoms with van der Waals surface area (Å²) in [6.07, 6.45) is 3.28. The van der Waals surface area contributed by atoms with Crippen molar-refractivity contribution in [1.82, 2.24) is 25.0 Å². The van der Waals surface area contributed by atoms with Gasteiger partial charge in [-0.3, -0.25) is 0 Å². The molecule has 0 aliphatic rings. The first kappa shape index (κ1) is 18.0. The minimum absolute atomic E-state index is 0.355. The molecule has 0 saturated carbocycles. The molecule has 0 aliphatic heterocycles. The van der Waals surface area contributed by atoms with Crippen LogP contribution in [0.1, 0.15) is 11.1 Å². The van der Waals surface area contributed by atoms with E-state index >= 15 is 0 Å². The highest BCUT2D eigenvalue weighted by atomic mass is 16.4. The zero-order valence-electron chi connectivity index (χ0n) is 14.9. The average molecular weight is 375 g/mol. The first-order valence-corrected chi connectivity index (χ1v) is 8.70. The topological polar surface area (TPSA) is 135 Å². The second kappa shape index (κ2) is 7.73. The number of rotatable bonds is 6. The molecule has 10 heteroatoms. The van der Waals surface area contributed by atoms with E-state index in [2.05, 4.69) is 25.6 Å². The molecular weight excluding hydrogens is 357 g/mol. The predicted octanol–water partition coefficient (Wildman–Crippen LogP) is -0.0389. The molecule has 0 spiro atoms. The maximum absolute atomic E-state index is 9.15. The Hall–Kier alpha value is -3.34. The van der Waals surface area contributed by atoms with Crippen LogP contribution in [0, 0.1) is 0 Å². The number of fused-ring (bicyclic) bond motifs is 1. The number of aromatic nitrogens is 5. The normalized spacial score (nSPS) is 11.0. The van der Waals surface area contributed by atoms with E-state index in [4.69, 9.17) is 15.8 Å². The zero-order valence-corrected chi connectivity index (χ0v) is 14.9. The third kappa shape index (κ3) is 3.56. The van der Waals surface area contributed by atoms with Crippen molar-refractivity contribution in [2.45, 2.75) is 13.1 Å². The van der Waals surface area contributed by atoms with Gasteiger partial charge < -0.3 is 21.1 Å². The van der Waals surface area contributed by atoms with E-state index in [-0.39, 0.29) is 0 Å². The Labute approximate surface area is 161 Å². The molecule has 140 valence electrons. The summed E-state index contributed by atoms with van der Waals surface area (Å²) >= 11 is 0. The molecule has 0 bridgehead atoms. The molecule has 0 amide bonds. The third-order valence-electron chi connectivity index (χ3n) is 4.41. The summed E-state index contributed by atoms with van der Waals surface area (Å²) in [4.78, 5) is 4.49. The van der Waals surface area contributed by atoms with Crippen LogP contribution in [0.15, 0.2) is 54.9 Å². The van der Waals surface area contributed by atoms with Gasteiger partial charge in [-0.25, -0.2) is 0 Å². The number of nitrogens with zero attached hydrogens (tertiary/aromatic N) is 5. The van der Waals surface area contributed by atoms with E-state index in [0.29, 0.717) is 30.3 Å². The standard InChI is InChI=1S/C18H18BN7O2/c20-8-13-2-1-3-16-15(13)10-23-26(16)18-24-17(11-22-25-18)21-9-12-4-6-14(7-5-12)19(27)28/h1-7,10-11,27-28H,8-9,20H2,(H,21,24,25). The van der Waals surface area contributed by atoms with Crippen molar-refractivity contribution in [2.75, 3.05) is 5.32 Å². The Morgan fingerprint density at radius 3 is 2.64 bits per heavy atom. The summed E-state index contributed by atoms with van der Waals surface area (Å²) in [6, 6.07) is 12.8. The third-order valence-corrected chi connectivity index (χ3v) is 4.41. The molecule has 4 rings (SSSR count). The molecule has 4 aromatic rings. The number of benzene rings is 2. The molecule has 2 aromatic heterocycles. The minimum atomic E-state index is -1.47. The van der Waals surface area contributed by atoms with Gasteiger partial charge in [0.15, 0.2) is 5.82 Å². The Bertz CT molecular complexity index is 1100. The van der Waals surface area contributed by atoms with Gasteiger partial charge in [-0.1, -0.05) is 36.4 Å². The van der Waals surface area contributed by atoms with Crippen LogP contribution in [0.3, 0.4) is 0 Å². The van der Waals surface area contributed by atoms with Crippen molar-refractivity contribution in [3.8, 4) is 5.95 Å². The van der Waals surface area contributed by atoms with Gasteiger partial charge in [-0.15, -0.1) is 5.10 Å². The van der Waals surface area contributed by atoms with Gasteiger partial charge in [0.25, 0.3) is 5.95 Å². The van der Waals surface area contributed by atoms with Crippen LogP contribution < -0.4 is 16.5 Å². The van der Waals surface area contributed by atoms with Crippen LogP contribution in [0.4, 0.5) is 5.82 Å². The lowest BCUT2D eigenvalue weighted by Gasteiger charge is -2.08. The van der Waals surface area contributed by atoms with Gasteiger partial charge in [0.2, 0.25) is 0 Å². The second-order valence-corrected chi connectivity index (χ2v) is 6.22. The van der Waals surface area contributed by atoms with Crippen LogP contribution in [-0.2, 0) is 13.1 Å². The number of nitrogens with two attached hydrogens (primary N) is 1. The molecule has 2 heterocycles. The molecule has 0 fully saturated rings. The molecule has 0 radical (unpaired) electrons. The number of anilines is 1. The van der Waals surface area contributed by atoms with E-state index in [9.17, 15) is 0 Å². The number of nitrogens with one attached hydrogen (secondary N) is 1. The molecule has 0 saturated heterocycles. The van der Waals surface area contributed by atoms with Crippen molar-refractivity contribution in [3.05, 3.63) is 66.0 Å². The Morgan fingerprint density at radius 1 is 1.07 bits per heavy atom. The van der Waals surface area contributed by atoms with E-state index < -0.39 is 7.12 Å². The summed E-state index contributed by atoms with van der Waals surface area (Å²) in [5.74, 6) is 0.905. The highest BCUT2D eigenvalue weighted by Gasteiger charge is 2.12. The maximum atomic E-state index is 9.15. The Balaban J connectivity index is 1.55. The molecule has 28 heavy (non-hydrogen) atoms. The molecule has 0 aliphatic carbocycles. The minimum Gasteiger partial charge on any atom is -0.423 e. The van der Waals surface area contributed by atoms with Crippen LogP contribution in [0.5, 0.6) is 0 Å². The van der Waals surface area contributed by atoms with Crippen molar-refractivity contribution in [1.29, 1.82) is 0 Å². The monoisotopic (exact) mass is 375 g/mol. The molecule has 0 atom stereocenters. The van der Waals surface area contributed by atoms with Gasteiger partial charge in [-0.2, -0.15) is 19.9 Å². The number of hydrogen-bond donors (Lipinski definition) is 4. The Kier molecular flexibility index (Phi) is 4.98. The summed E-state index contributed by atoms with van der Waals surface area (Å²) in [6.45, 7) is 0.924. The molecule has 9 nitrogen and oxygen atoms in total. The van der Waals surface area contributed by atoms with Crippen LogP contribution in [-0.4, -0.2) is 42.1 Å². The average Bonchev–Trinajstić information content (AvgIpc) is 3.17. The summed E-state index contributed by atoms with van der Waals surface area (Å²) in [5, 5.41) is 34.9. The predicted molar refractivity (Wildman–Crippen MR) is 106 cm³/mol. The fourth-order valence-corrected chi connectivity index (χ4v) is 2.92. The van der Waals surface area contributed by atoms with E-state index in [1.165, 1.54) is 6.20 Å². The van der Waals surface area contributed by atoms with Crippen molar-refractivity contribution < 1.29 is 10.0 Å². The fourth-order valence-electron chi connectivity index (χ4n) is 2.92. The number of hydrogen-bond acceptors (Lipinski definition) is 8. The van der Waals surface area contributed by atoms with Gasteiger partial charge in [0, 0.05) is 18.5 Å². The smallest absolute Gasteiger partial charge is 0.423 e. The van der Waals surface area contributed by atoms with E-state index in [1.54, 1.807) is 23.0 Å². The first-order chi connectivity index (χ1) is 13.7. The lowest BCUT2D eigenvalue weighted by atomic mass is 9.80. The van der Waals surface area contributed by atoms with Crippen LogP contribution >= 0.6 is 0 Å². The second-order valence-electron chi connectivity index (χ2n) is 6.22. The van der Waals surface area contributed by atoms with E-state index in [1.807, 2.05) is 30.3 Å². The highest BCUT2D eigenvalue weighted by molar-refractivity contribution is 6.58. The van der Waals surface area contributed by atoms with Crippen LogP contribution in [0.25, 0.3) is 16.9 Å². The molecule has 5 N–H and O–H groups in total. The molecular formula is C18H18BN7O2. The van der Waals surface area contributed by atoms with Gasteiger partial charge >= 0.3 is 7.12 Å². The lowest BCUT2D eigenvalue weighted by Crippen LogP contribution is -2.29. The van der Waals surface area contributed by atoms with Gasteiger partial charge in [0.1, 0.15) is 0 Å².